The van der Waals surface area contributed by atoms with Crippen LogP contribution in [0.15, 0.2) is 59.1 Å². The molecule has 0 unspecified atom stereocenters. The zero-order chi connectivity index (χ0) is 23.4. The largest absolute Gasteiger partial charge is 0.497 e. The molecule has 4 rings (SSSR count). The number of amides is 1. The number of nitrogens with zero attached hydrogens (tertiary/aromatic N) is 5. The number of hydrogen-bond acceptors (Lipinski definition) is 7. The van der Waals surface area contributed by atoms with Gasteiger partial charge in [-0.1, -0.05) is 29.5 Å². The summed E-state index contributed by atoms with van der Waals surface area (Å²) in [6.45, 7) is 6.17. The van der Waals surface area contributed by atoms with Crippen LogP contribution in [0, 0.1) is 6.92 Å². The zero-order valence-corrected chi connectivity index (χ0v) is 20.6. The highest BCUT2D eigenvalue weighted by Crippen LogP contribution is 2.31. The highest BCUT2D eigenvalue weighted by Gasteiger charge is 2.18. The SMILES string of the molecule is CCN(C(C)=O)c1nc(CSc2nnc(-c3ccc(OC)cc3)n2-c2ccc(C)cc2)cs1. The fraction of sp³-hybridized carbons (Fsp3) is 0.250. The van der Waals surface area contributed by atoms with Gasteiger partial charge in [-0.15, -0.1) is 21.5 Å². The fourth-order valence-electron chi connectivity index (χ4n) is 3.33. The molecule has 0 fully saturated rings. The van der Waals surface area contributed by atoms with Gasteiger partial charge in [0, 0.05) is 35.9 Å². The van der Waals surface area contributed by atoms with E-state index >= 15 is 0 Å². The number of carbonyl (C=O) groups is 1. The van der Waals surface area contributed by atoms with Gasteiger partial charge in [0.2, 0.25) is 5.91 Å². The zero-order valence-electron chi connectivity index (χ0n) is 19.0. The molecule has 0 atom stereocenters. The number of anilines is 1. The Kier molecular flexibility index (Phi) is 7.10. The third-order valence-electron chi connectivity index (χ3n) is 5.09. The predicted molar refractivity (Wildman–Crippen MR) is 133 cm³/mol. The summed E-state index contributed by atoms with van der Waals surface area (Å²) in [5.74, 6) is 2.17. The van der Waals surface area contributed by atoms with E-state index in [0.717, 1.165) is 38.8 Å². The molecule has 9 heteroatoms. The molecule has 0 aliphatic carbocycles. The number of methoxy groups -OCH3 is 1. The van der Waals surface area contributed by atoms with E-state index in [2.05, 4.69) is 50.9 Å². The van der Waals surface area contributed by atoms with Gasteiger partial charge in [0.25, 0.3) is 0 Å². The molecule has 2 aromatic heterocycles. The molecule has 0 aliphatic heterocycles. The van der Waals surface area contributed by atoms with Crippen LogP contribution in [0.2, 0.25) is 0 Å². The van der Waals surface area contributed by atoms with Crippen molar-refractivity contribution in [1.82, 2.24) is 19.7 Å². The molecule has 33 heavy (non-hydrogen) atoms. The van der Waals surface area contributed by atoms with Crippen molar-refractivity contribution in [1.29, 1.82) is 0 Å². The van der Waals surface area contributed by atoms with Crippen molar-refractivity contribution in [2.24, 2.45) is 0 Å². The Morgan fingerprint density at radius 2 is 1.85 bits per heavy atom. The molecule has 1 amide bonds. The molecular formula is C24H25N5O2S2. The lowest BCUT2D eigenvalue weighted by Crippen LogP contribution is -2.27. The quantitative estimate of drug-likeness (QED) is 0.316. The molecule has 4 aromatic rings. The number of ether oxygens (including phenoxy) is 1. The lowest BCUT2D eigenvalue weighted by molar-refractivity contribution is -0.116. The molecule has 0 bridgehead atoms. The number of rotatable bonds is 8. The summed E-state index contributed by atoms with van der Waals surface area (Å²) < 4.78 is 7.35. The van der Waals surface area contributed by atoms with Crippen LogP contribution in [-0.4, -0.2) is 39.3 Å². The second kappa shape index (κ2) is 10.2. The van der Waals surface area contributed by atoms with Crippen molar-refractivity contribution in [3.05, 3.63) is 65.2 Å². The number of thioether (sulfide) groups is 1. The van der Waals surface area contributed by atoms with Crippen molar-refractivity contribution in [3.63, 3.8) is 0 Å². The first-order valence-corrected chi connectivity index (χ1v) is 12.4. The average molecular weight is 480 g/mol. The minimum atomic E-state index is -0.00528. The van der Waals surface area contributed by atoms with Gasteiger partial charge >= 0.3 is 0 Å². The van der Waals surface area contributed by atoms with E-state index in [4.69, 9.17) is 4.74 Å². The minimum absolute atomic E-state index is 0.00528. The summed E-state index contributed by atoms with van der Waals surface area (Å²) in [6, 6.07) is 16.1. The van der Waals surface area contributed by atoms with Gasteiger partial charge in [-0.3, -0.25) is 14.3 Å². The van der Waals surface area contributed by atoms with Crippen molar-refractivity contribution < 1.29 is 9.53 Å². The first-order valence-electron chi connectivity index (χ1n) is 10.5. The molecular weight excluding hydrogens is 454 g/mol. The highest BCUT2D eigenvalue weighted by molar-refractivity contribution is 7.98. The third-order valence-corrected chi connectivity index (χ3v) is 6.96. The van der Waals surface area contributed by atoms with Crippen LogP contribution in [0.25, 0.3) is 17.1 Å². The second-order valence-corrected chi connectivity index (χ2v) is 9.16. The van der Waals surface area contributed by atoms with E-state index in [1.807, 2.05) is 36.6 Å². The Bertz CT molecular complexity index is 1230. The van der Waals surface area contributed by atoms with Crippen molar-refractivity contribution in [2.45, 2.75) is 31.7 Å². The number of aryl methyl sites for hydroxylation is 1. The van der Waals surface area contributed by atoms with Crippen LogP contribution in [0.1, 0.15) is 25.1 Å². The molecule has 170 valence electrons. The van der Waals surface area contributed by atoms with Crippen LogP contribution in [-0.2, 0) is 10.5 Å². The molecule has 2 heterocycles. The molecule has 0 aliphatic rings. The first-order chi connectivity index (χ1) is 16.0. The highest BCUT2D eigenvalue weighted by atomic mass is 32.2. The standard InChI is InChI=1S/C24H25N5O2S2/c1-5-28(17(3)30)23-25-19(14-32-23)15-33-24-27-26-22(18-8-12-21(31-4)13-9-18)29(24)20-10-6-16(2)7-11-20/h6-14H,5,15H2,1-4H3. The predicted octanol–water partition coefficient (Wildman–Crippen LogP) is 5.37. The van der Waals surface area contributed by atoms with E-state index in [-0.39, 0.29) is 5.91 Å². The summed E-state index contributed by atoms with van der Waals surface area (Å²) in [5.41, 5.74) is 4.04. The van der Waals surface area contributed by atoms with Crippen molar-refractivity contribution >= 4 is 34.1 Å². The van der Waals surface area contributed by atoms with Crippen molar-refractivity contribution in [2.75, 3.05) is 18.6 Å². The summed E-state index contributed by atoms with van der Waals surface area (Å²) in [5, 5.41) is 12.5. The van der Waals surface area contributed by atoms with Crippen LogP contribution < -0.4 is 9.64 Å². The lowest BCUT2D eigenvalue weighted by Gasteiger charge is -2.14. The van der Waals surface area contributed by atoms with Gasteiger partial charge in [-0.25, -0.2) is 4.98 Å². The maximum Gasteiger partial charge on any atom is 0.225 e. The Hall–Kier alpha value is -3.17. The molecule has 0 saturated heterocycles. The summed E-state index contributed by atoms with van der Waals surface area (Å²) in [4.78, 5) is 18.1. The van der Waals surface area contributed by atoms with Crippen LogP contribution in [0.4, 0.5) is 5.13 Å². The number of benzene rings is 2. The van der Waals surface area contributed by atoms with Gasteiger partial charge in [0.05, 0.1) is 12.8 Å². The molecule has 7 nitrogen and oxygen atoms in total. The van der Waals surface area contributed by atoms with E-state index in [1.54, 1.807) is 30.7 Å². The Labute approximate surface area is 201 Å². The number of carbonyl (C=O) groups excluding carboxylic acids is 1. The van der Waals surface area contributed by atoms with Crippen LogP contribution >= 0.6 is 23.1 Å². The molecule has 2 aromatic carbocycles. The van der Waals surface area contributed by atoms with E-state index in [0.29, 0.717) is 12.3 Å². The van der Waals surface area contributed by atoms with Gasteiger partial charge in [-0.2, -0.15) is 0 Å². The maximum absolute atomic E-state index is 11.8. The van der Waals surface area contributed by atoms with E-state index in [9.17, 15) is 4.79 Å². The number of aromatic nitrogens is 4. The van der Waals surface area contributed by atoms with E-state index in [1.165, 1.54) is 16.9 Å². The molecule has 0 N–H and O–H groups in total. The topological polar surface area (TPSA) is 73.1 Å². The molecule has 0 spiro atoms. The van der Waals surface area contributed by atoms with Gasteiger partial charge < -0.3 is 4.74 Å². The lowest BCUT2D eigenvalue weighted by atomic mass is 10.2. The van der Waals surface area contributed by atoms with Gasteiger partial charge in [0.1, 0.15) is 5.75 Å². The maximum atomic E-state index is 11.8. The minimum Gasteiger partial charge on any atom is -0.497 e. The normalized spacial score (nSPS) is 10.9. The second-order valence-electron chi connectivity index (χ2n) is 7.38. The summed E-state index contributed by atoms with van der Waals surface area (Å²) >= 11 is 3.05. The number of thiazole rings is 1. The monoisotopic (exact) mass is 479 g/mol. The third kappa shape index (κ3) is 5.09. The first kappa shape index (κ1) is 23.0. The van der Waals surface area contributed by atoms with Gasteiger partial charge in [0.15, 0.2) is 16.1 Å². The van der Waals surface area contributed by atoms with Crippen LogP contribution in [0.3, 0.4) is 0 Å². The summed E-state index contributed by atoms with van der Waals surface area (Å²) in [6.07, 6.45) is 0. The van der Waals surface area contributed by atoms with Gasteiger partial charge in [-0.05, 0) is 50.2 Å². The smallest absolute Gasteiger partial charge is 0.225 e. The fourth-order valence-corrected chi connectivity index (χ4v) is 5.22. The Balaban J connectivity index is 1.64. The summed E-state index contributed by atoms with van der Waals surface area (Å²) in [7, 11) is 1.65. The Morgan fingerprint density at radius 3 is 2.48 bits per heavy atom. The Morgan fingerprint density at radius 1 is 1.12 bits per heavy atom. The number of hydrogen-bond donors (Lipinski definition) is 0. The van der Waals surface area contributed by atoms with Crippen LogP contribution in [0.5, 0.6) is 5.75 Å². The molecule has 0 radical (unpaired) electrons. The molecule has 0 saturated carbocycles. The van der Waals surface area contributed by atoms with Crippen molar-refractivity contribution in [3.8, 4) is 22.8 Å². The average Bonchev–Trinajstić information content (AvgIpc) is 3.46. The van der Waals surface area contributed by atoms with E-state index < -0.39 is 0 Å².